The van der Waals surface area contributed by atoms with Crippen LogP contribution in [0, 0.1) is 5.92 Å². The molecule has 1 saturated carbocycles. The highest BCUT2D eigenvalue weighted by molar-refractivity contribution is 7.89. The van der Waals surface area contributed by atoms with Crippen molar-refractivity contribution >= 4 is 21.7 Å². The topological polar surface area (TPSA) is 74.8 Å². The number of benzene rings is 1. The monoisotopic (exact) mass is 392 g/mol. The quantitative estimate of drug-likeness (QED) is 0.698. The van der Waals surface area contributed by atoms with Crippen LogP contribution in [0.3, 0.4) is 0 Å². The summed E-state index contributed by atoms with van der Waals surface area (Å²) in [6, 6.07) is 6.15. The fourth-order valence-electron chi connectivity index (χ4n) is 3.99. The average molecular weight is 393 g/mol. The number of carbonyl (C=O) groups excluding carboxylic acids is 2. The third-order valence-electron chi connectivity index (χ3n) is 5.71. The van der Waals surface area contributed by atoms with Crippen LogP contribution >= 0.6 is 0 Å². The minimum atomic E-state index is -3.65. The normalized spacial score (nSPS) is 19.4. The second kappa shape index (κ2) is 8.52. The molecule has 0 radical (unpaired) electrons. The standard InChI is InChI=1S/C20H28N2O4S/c1-16(23)18-7-4-8-19(15-18)27(25,26)22-13-11-21(12-14-22)20(24)10-9-17-5-2-3-6-17/h4,7-8,15,17H,2-3,5-6,9-14H2,1H3. The number of piperazine rings is 1. The summed E-state index contributed by atoms with van der Waals surface area (Å²) in [5.74, 6) is 0.659. The summed E-state index contributed by atoms with van der Waals surface area (Å²) in [5.41, 5.74) is 0.386. The highest BCUT2D eigenvalue weighted by Gasteiger charge is 2.30. The summed E-state index contributed by atoms with van der Waals surface area (Å²) in [6.45, 7) is 2.86. The molecule has 7 heteroatoms. The Kier molecular flexibility index (Phi) is 6.32. The Hall–Kier alpha value is -1.73. The third kappa shape index (κ3) is 4.76. The van der Waals surface area contributed by atoms with Crippen molar-refractivity contribution in [1.29, 1.82) is 0 Å². The molecular formula is C20H28N2O4S. The molecule has 1 saturated heterocycles. The van der Waals surface area contributed by atoms with Crippen molar-refractivity contribution in [3.63, 3.8) is 0 Å². The van der Waals surface area contributed by atoms with Crippen molar-refractivity contribution in [2.24, 2.45) is 5.92 Å². The second-order valence-corrected chi connectivity index (χ2v) is 9.50. The Balaban J connectivity index is 1.56. The van der Waals surface area contributed by atoms with Crippen molar-refractivity contribution in [2.45, 2.75) is 50.3 Å². The van der Waals surface area contributed by atoms with E-state index >= 15 is 0 Å². The van der Waals surface area contributed by atoms with E-state index in [0.717, 1.165) is 6.42 Å². The molecule has 0 aromatic heterocycles. The molecule has 3 rings (SSSR count). The summed E-state index contributed by atoms with van der Waals surface area (Å²) in [5, 5.41) is 0. The van der Waals surface area contributed by atoms with Gasteiger partial charge in [0.1, 0.15) is 0 Å². The lowest BCUT2D eigenvalue weighted by atomic mass is 10.0. The lowest BCUT2D eigenvalue weighted by Gasteiger charge is -2.34. The van der Waals surface area contributed by atoms with Crippen LogP contribution in [0.4, 0.5) is 0 Å². The van der Waals surface area contributed by atoms with Crippen LogP contribution in [0.1, 0.15) is 55.8 Å². The van der Waals surface area contributed by atoms with Gasteiger partial charge in [0.25, 0.3) is 0 Å². The molecule has 2 fully saturated rings. The van der Waals surface area contributed by atoms with Crippen molar-refractivity contribution in [1.82, 2.24) is 9.21 Å². The van der Waals surface area contributed by atoms with Gasteiger partial charge in [-0.2, -0.15) is 4.31 Å². The fourth-order valence-corrected chi connectivity index (χ4v) is 5.46. The Morgan fingerprint density at radius 1 is 1.07 bits per heavy atom. The number of amides is 1. The number of Topliss-reactive ketones (excluding diaryl/α,β-unsaturated/α-hetero) is 1. The average Bonchev–Trinajstić information content (AvgIpc) is 3.20. The molecular weight excluding hydrogens is 364 g/mol. The molecule has 1 amide bonds. The van der Waals surface area contributed by atoms with Crippen molar-refractivity contribution < 1.29 is 18.0 Å². The first kappa shape index (κ1) is 20.0. The molecule has 1 aliphatic carbocycles. The first-order valence-electron chi connectivity index (χ1n) is 9.77. The first-order valence-corrected chi connectivity index (χ1v) is 11.2. The summed E-state index contributed by atoms with van der Waals surface area (Å²) in [4.78, 5) is 25.9. The highest BCUT2D eigenvalue weighted by Crippen LogP contribution is 2.29. The minimum Gasteiger partial charge on any atom is -0.340 e. The molecule has 0 spiro atoms. The van der Waals surface area contributed by atoms with Crippen molar-refractivity contribution in [3.05, 3.63) is 29.8 Å². The second-order valence-electron chi connectivity index (χ2n) is 7.56. The SMILES string of the molecule is CC(=O)c1cccc(S(=O)(=O)N2CCN(C(=O)CCC3CCCC3)CC2)c1. The van der Waals surface area contributed by atoms with Crippen LogP contribution in [0.25, 0.3) is 0 Å². The number of rotatable bonds is 6. The van der Waals surface area contributed by atoms with Gasteiger partial charge in [0.15, 0.2) is 5.78 Å². The molecule has 27 heavy (non-hydrogen) atoms. The molecule has 1 heterocycles. The van der Waals surface area contributed by atoms with Gasteiger partial charge in [0.2, 0.25) is 15.9 Å². The van der Waals surface area contributed by atoms with Gasteiger partial charge in [-0.3, -0.25) is 9.59 Å². The van der Waals surface area contributed by atoms with Crippen LogP contribution < -0.4 is 0 Å². The number of carbonyl (C=O) groups is 2. The molecule has 0 atom stereocenters. The number of sulfonamides is 1. The smallest absolute Gasteiger partial charge is 0.243 e. The van der Waals surface area contributed by atoms with Crippen LogP contribution in [-0.2, 0) is 14.8 Å². The predicted molar refractivity (Wildman–Crippen MR) is 103 cm³/mol. The van der Waals surface area contributed by atoms with E-state index in [9.17, 15) is 18.0 Å². The fraction of sp³-hybridized carbons (Fsp3) is 0.600. The first-order chi connectivity index (χ1) is 12.9. The minimum absolute atomic E-state index is 0.135. The van der Waals surface area contributed by atoms with E-state index in [0.29, 0.717) is 44.1 Å². The van der Waals surface area contributed by atoms with Crippen LogP contribution in [0.15, 0.2) is 29.2 Å². The zero-order valence-corrected chi connectivity index (χ0v) is 16.7. The van der Waals surface area contributed by atoms with Gasteiger partial charge in [-0.05, 0) is 31.4 Å². The van der Waals surface area contributed by atoms with E-state index in [2.05, 4.69) is 0 Å². The molecule has 0 bridgehead atoms. The number of ketones is 1. The zero-order valence-electron chi connectivity index (χ0n) is 15.9. The maximum atomic E-state index is 12.8. The van der Waals surface area contributed by atoms with E-state index < -0.39 is 10.0 Å². The van der Waals surface area contributed by atoms with Gasteiger partial charge in [0.05, 0.1) is 4.90 Å². The number of hydrogen-bond acceptors (Lipinski definition) is 4. The molecule has 148 valence electrons. The predicted octanol–water partition coefficient (Wildman–Crippen LogP) is 2.69. The van der Waals surface area contributed by atoms with Crippen molar-refractivity contribution in [3.8, 4) is 0 Å². The van der Waals surface area contributed by atoms with E-state index in [1.165, 1.54) is 49.0 Å². The maximum Gasteiger partial charge on any atom is 0.243 e. The van der Waals surface area contributed by atoms with E-state index in [-0.39, 0.29) is 16.6 Å². The van der Waals surface area contributed by atoms with E-state index in [4.69, 9.17) is 0 Å². The molecule has 2 aliphatic rings. The third-order valence-corrected chi connectivity index (χ3v) is 7.61. The van der Waals surface area contributed by atoms with Crippen LogP contribution in [0.5, 0.6) is 0 Å². The Labute approximate surface area is 161 Å². The van der Waals surface area contributed by atoms with Crippen LogP contribution in [-0.4, -0.2) is 55.5 Å². The van der Waals surface area contributed by atoms with Gasteiger partial charge in [-0.1, -0.05) is 37.8 Å². The Bertz CT molecular complexity index is 792. The summed E-state index contributed by atoms with van der Waals surface area (Å²) < 4.78 is 27.1. The summed E-state index contributed by atoms with van der Waals surface area (Å²) >= 11 is 0. The van der Waals surface area contributed by atoms with Gasteiger partial charge in [-0.25, -0.2) is 8.42 Å². The van der Waals surface area contributed by atoms with Crippen LogP contribution in [0.2, 0.25) is 0 Å². The van der Waals surface area contributed by atoms with Crippen molar-refractivity contribution in [2.75, 3.05) is 26.2 Å². The van der Waals surface area contributed by atoms with Gasteiger partial charge in [0, 0.05) is 38.2 Å². The number of hydrogen-bond donors (Lipinski definition) is 0. The molecule has 0 N–H and O–H groups in total. The molecule has 6 nitrogen and oxygen atoms in total. The lowest BCUT2D eigenvalue weighted by molar-refractivity contribution is -0.132. The maximum absolute atomic E-state index is 12.8. The van der Waals surface area contributed by atoms with E-state index in [1.54, 1.807) is 17.0 Å². The summed E-state index contributed by atoms with van der Waals surface area (Å²) in [6.07, 6.45) is 6.55. The van der Waals surface area contributed by atoms with Gasteiger partial charge < -0.3 is 4.90 Å². The molecule has 1 aromatic rings. The van der Waals surface area contributed by atoms with E-state index in [1.807, 2.05) is 0 Å². The highest BCUT2D eigenvalue weighted by atomic mass is 32.2. The lowest BCUT2D eigenvalue weighted by Crippen LogP contribution is -2.50. The zero-order chi connectivity index (χ0) is 19.4. The van der Waals surface area contributed by atoms with Gasteiger partial charge >= 0.3 is 0 Å². The molecule has 1 aromatic carbocycles. The largest absolute Gasteiger partial charge is 0.340 e. The Morgan fingerprint density at radius 2 is 1.74 bits per heavy atom. The van der Waals surface area contributed by atoms with Gasteiger partial charge in [-0.15, -0.1) is 0 Å². The molecule has 0 unspecified atom stereocenters. The molecule has 1 aliphatic heterocycles. The number of nitrogens with zero attached hydrogens (tertiary/aromatic N) is 2. The Morgan fingerprint density at radius 3 is 2.37 bits per heavy atom. The summed E-state index contributed by atoms with van der Waals surface area (Å²) in [7, 11) is -3.65.